The van der Waals surface area contributed by atoms with Crippen LogP contribution in [0.15, 0.2) is 36.4 Å². The molecular formula is C16H15ClF2O. The number of hydrogen-bond donors (Lipinski definition) is 0. The third-order valence-corrected chi connectivity index (χ3v) is 3.15. The Bertz CT molecular complexity index is 592. The molecule has 1 nitrogen and oxygen atoms in total. The van der Waals surface area contributed by atoms with Gasteiger partial charge in [-0.3, -0.25) is 0 Å². The molecule has 0 unspecified atom stereocenters. The molecule has 2 aromatic rings. The summed E-state index contributed by atoms with van der Waals surface area (Å²) in [6.45, 7) is 5.67. The Morgan fingerprint density at radius 2 is 1.45 bits per heavy atom. The third-order valence-electron chi connectivity index (χ3n) is 2.90. The second-order valence-corrected chi connectivity index (χ2v) is 6.01. The first-order valence-electron chi connectivity index (χ1n) is 6.20. The summed E-state index contributed by atoms with van der Waals surface area (Å²) in [7, 11) is 0. The van der Waals surface area contributed by atoms with E-state index in [2.05, 4.69) is 0 Å². The van der Waals surface area contributed by atoms with Gasteiger partial charge in [-0.25, -0.2) is 8.78 Å². The van der Waals surface area contributed by atoms with Gasteiger partial charge in [-0.2, -0.15) is 0 Å². The fraction of sp³-hybridized carbons (Fsp3) is 0.250. The Morgan fingerprint density at radius 1 is 0.950 bits per heavy atom. The minimum atomic E-state index is -0.718. The van der Waals surface area contributed by atoms with Crippen molar-refractivity contribution >= 4 is 11.6 Å². The molecule has 0 heterocycles. The van der Waals surface area contributed by atoms with Crippen molar-refractivity contribution in [2.45, 2.75) is 26.2 Å². The van der Waals surface area contributed by atoms with Gasteiger partial charge in [-0.1, -0.05) is 32.4 Å². The third kappa shape index (κ3) is 3.28. The van der Waals surface area contributed by atoms with Crippen LogP contribution < -0.4 is 4.74 Å². The quantitative estimate of drug-likeness (QED) is 0.690. The molecule has 0 aliphatic rings. The molecule has 0 aliphatic heterocycles. The second kappa shape index (κ2) is 5.41. The molecule has 106 valence electrons. The van der Waals surface area contributed by atoms with E-state index in [0.29, 0.717) is 16.3 Å². The van der Waals surface area contributed by atoms with E-state index in [9.17, 15) is 8.78 Å². The molecule has 0 bridgehead atoms. The average Bonchev–Trinajstić information content (AvgIpc) is 2.34. The topological polar surface area (TPSA) is 9.23 Å². The van der Waals surface area contributed by atoms with Crippen LogP contribution in [-0.4, -0.2) is 0 Å². The van der Waals surface area contributed by atoms with Crippen LogP contribution >= 0.6 is 11.6 Å². The Hall–Kier alpha value is -1.61. The van der Waals surface area contributed by atoms with Crippen molar-refractivity contribution < 1.29 is 13.5 Å². The summed E-state index contributed by atoms with van der Waals surface area (Å²) in [6.07, 6.45) is 0. The van der Waals surface area contributed by atoms with E-state index >= 15 is 0 Å². The summed E-state index contributed by atoms with van der Waals surface area (Å²) < 4.78 is 33.3. The molecule has 0 amide bonds. The van der Waals surface area contributed by atoms with Gasteiger partial charge in [0.05, 0.1) is 0 Å². The van der Waals surface area contributed by atoms with E-state index in [0.717, 1.165) is 0 Å². The summed E-state index contributed by atoms with van der Waals surface area (Å²) in [5.41, 5.74) is 0.247. The highest BCUT2D eigenvalue weighted by molar-refractivity contribution is 6.30. The first-order valence-corrected chi connectivity index (χ1v) is 6.58. The van der Waals surface area contributed by atoms with Gasteiger partial charge in [0.15, 0.2) is 17.4 Å². The van der Waals surface area contributed by atoms with Crippen LogP contribution in [0.5, 0.6) is 11.5 Å². The van der Waals surface area contributed by atoms with Crippen molar-refractivity contribution in [1.82, 2.24) is 0 Å². The van der Waals surface area contributed by atoms with E-state index in [-0.39, 0.29) is 5.41 Å². The van der Waals surface area contributed by atoms with Crippen LogP contribution in [-0.2, 0) is 5.41 Å². The van der Waals surface area contributed by atoms with Crippen LogP contribution in [0, 0.1) is 11.6 Å². The van der Waals surface area contributed by atoms with Gasteiger partial charge in [0.2, 0.25) is 0 Å². The molecule has 0 fully saturated rings. The monoisotopic (exact) mass is 296 g/mol. The maximum absolute atomic E-state index is 14.0. The van der Waals surface area contributed by atoms with Crippen LogP contribution in [0.25, 0.3) is 0 Å². The molecule has 20 heavy (non-hydrogen) atoms. The largest absolute Gasteiger partial charge is 0.451 e. The zero-order chi connectivity index (χ0) is 14.9. The molecule has 0 aliphatic carbocycles. The minimum Gasteiger partial charge on any atom is -0.451 e. The van der Waals surface area contributed by atoms with Crippen molar-refractivity contribution in [3.63, 3.8) is 0 Å². The van der Waals surface area contributed by atoms with Crippen LogP contribution in [0.4, 0.5) is 8.78 Å². The van der Waals surface area contributed by atoms with Gasteiger partial charge < -0.3 is 4.74 Å². The molecule has 4 heteroatoms. The molecule has 0 saturated heterocycles. The fourth-order valence-corrected chi connectivity index (χ4v) is 1.84. The zero-order valence-electron chi connectivity index (χ0n) is 11.5. The Balaban J connectivity index is 2.36. The number of hydrogen-bond acceptors (Lipinski definition) is 1. The van der Waals surface area contributed by atoms with E-state index in [1.54, 1.807) is 24.3 Å². The smallest absolute Gasteiger partial charge is 0.198 e. The van der Waals surface area contributed by atoms with Gasteiger partial charge in [0, 0.05) is 5.02 Å². The molecule has 0 N–H and O–H groups in total. The highest BCUT2D eigenvalue weighted by atomic mass is 35.5. The lowest BCUT2D eigenvalue weighted by atomic mass is 9.87. The predicted molar refractivity (Wildman–Crippen MR) is 76.6 cm³/mol. The van der Waals surface area contributed by atoms with E-state index in [1.807, 2.05) is 20.8 Å². The molecule has 0 radical (unpaired) electrons. The molecule has 0 atom stereocenters. The average molecular weight is 297 g/mol. The summed E-state index contributed by atoms with van der Waals surface area (Å²) in [4.78, 5) is 0. The number of halogens is 3. The fourth-order valence-electron chi connectivity index (χ4n) is 1.71. The highest BCUT2D eigenvalue weighted by Crippen LogP contribution is 2.32. The van der Waals surface area contributed by atoms with Gasteiger partial charge in [-0.15, -0.1) is 0 Å². The summed E-state index contributed by atoms with van der Waals surface area (Å²) >= 11 is 5.74. The maximum Gasteiger partial charge on any atom is 0.198 e. The first-order chi connectivity index (χ1) is 9.27. The minimum absolute atomic E-state index is 0.329. The Labute approximate surface area is 122 Å². The molecular weight excluding hydrogens is 282 g/mol. The van der Waals surface area contributed by atoms with Gasteiger partial charge in [0.25, 0.3) is 0 Å². The molecule has 2 rings (SSSR count). The van der Waals surface area contributed by atoms with Gasteiger partial charge in [0.1, 0.15) is 5.75 Å². The second-order valence-electron chi connectivity index (χ2n) is 5.57. The van der Waals surface area contributed by atoms with Crippen molar-refractivity contribution in [3.05, 3.63) is 58.6 Å². The van der Waals surface area contributed by atoms with Crippen molar-refractivity contribution in [3.8, 4) is 11.5 Å². The molecule has 0 saturated carbocycles. The Morgan fingerprint density at radius 3 is 1.90 bits per heavy atom. The number of ether oxygens (including phenoxy) is 1. The molecule has 0 spiro atoms. The highest BCUT2D eigenvalue weighted by Gasteiger charge is 2.20. The van der Waals surface area contributed by atoms with Gasteiger partial charge in [-0.05, 0) is 47.4 Å². The summed E-state index contributed by atoms with van der Waals surface area (Å²) in [5.74, 6) is -1.51. The van der Waals surface area contributed by atoms with Crippen molar-refractivity contribution in [2.24, 2.45) is 0 Å². The predicted octanol–water partition coefficient (Wildman–Crippen LogP) is 5.71. The van der Waals surface area contributed by atoms with Crippen molar-refractivity contribution in [1.29, 1.82) is 0 Å². The van der Waals surface area contributed by atoms with E-state index < -0.39 is 17.4 Å². The lowest BCUT2D eigenvalue weighted by Crippen LogP contribution is -2.12. The standard InChI is InChI=1S/C16H15ClF2O/c1-16(2,3)10-8-13(18)15(14(19)9-10)20-12-6-4-11(17)5-7-12/h4-9H,1-3H3. The lowest BCUT2D eigenvalue weighted by molar-refractivity contribution is 0.404. The zero-order valence-corrected chi connectivity index (χ0v) is 12.3. The number of rotatable bonds is 2. The number of benzene rings is 2. The summed E-state index contributed by atoms with van der Waals surface area (Å²) in [6, 6.07) is 8.90. The van der Waals surface area contributed by atoms with Crippen LogP contribution in [0.3, 0.4) is 0 Å². The normalized spacial score (nSPS) is 11.5. The summed E-state index contributed by atoms with van der Waals surface area (Å²) in [5, 5.41) is 0.529. The van der Waals surface area contributed by atoms with Crippen LogP contribution in [0.2, 0.25) is 5.02 Å². The molecule has 0 aromatic heterocycles. The first kappa shape index (κ1) is 14.8. The van der Waals surface area contributed by atoms with Gasteiger partial charge >= 0.3 is 0 Å². The Kier molecular flexibility index (Phi) is 4.00. The van der Waals surface area contributed by atoms with E-state index in [1.165, 1.54) is 12.1 Å². The van der Waals surface area contributed by atoms with Crippen molar-refractivity contribution in [2.75, 3.05) is 0 Å². The van der Waals surface area contributed by atoms with E-state index in [4.69, 9.17) is 16.3 Å². The molecule has 2 aromatic carbocycles. The SMILES string of the molecule is CC(C)(C)c1cc(F)c(Oc2ccc(Cl)cc2)c(F)c1. The lowest BCUT2D eigenvalue weighted by Gasteiger charge is -2.20. The van der Waals surface area contributed by atoms with Crippen LogP contribution in [0.1, 0.15) is 26.3 Å². The maximum atomic E-state index is 14.0.